The van der Waals surface area contributed by atoms with E-state index in [0.717, 1.165) is 44.1 Å². The Morgan fingerprint density at radius 1 is 0.500 bits per heavy atom. The van der Waals surface area contributed by atoms with Gasteiger partial charge in [0.15, 0.2) is 0 Å². The number of hydrogen-bond donors (Lipinski definition) is 3. The molecule has 5 aromatic carbocycles. The van der Waals surface area contributed by atoms with Gasteiger partial charge in [-0.1, -0.05) is 109 Å². The van der Waals surface area contributed by atoms with Gasteiger partial charge < -0.3 is 15.0 Å². The van der Waals surface area contributed by atoms with Crippen LogP contribution in [0.5, 0.6) is 0 Å². The van der Waals surface area contributed by atoms with Gasteiger partial charge in [0.1, 0.15) is 0 Å². The number of benzene rings is 5. The fraction of sp³-hybridized carbons (Fsp3) is 0. The number of hydrogen-bond acceptors (Lipinski definition) is 2. The number of aromatic nitrogens is 1. The van der Waals surface area contributed by atoms with Crippen molar-refractivity contribution in [2.75, 3.05) is 0 Å². The van der Waals surface area contributed by atoms with Crippen LogP contribution in [0.15, 0.2) is 115 Å². The minimum atomic E-state index is -1.57. The Hall–Kier alpha value is -4.12. The summed E-state index contributed by atoms with van der Waals surface area (Å²) < 4.78 is 0. The van der Waals surface area contributed by atoms with Gasteiger partial charge in [0.05, 0.1) is 5.52 Å². The maximum Gasteiger partial charge on any atom is 0.489 e. The lowest BCUT2D eigenvalue weighted by atomic mass is 9.74. The largest absolute Gasteiger partial charge is 0.489 e. The molecule has 162 valence electrons. The zero-order valence-electron chi connectivity index (χ0n) is 18.4. The molecule has 0 atom stereocenters. The topological polar surface area (TPSA) is 56.2 Å². The monoisotopic (exact) mass is 439 g/mol. The summed E-state index contributed by atoms with van der Waals surface area (Å²) in [5.41, 5.74) is 8.78. The highest BCUT2D eigenvalue weighted by atomic mass is 16.4. The van der Waals surface area contributed by atoms with Crippen LogP contribution in [-0.2, 0) is 0 Å². The van der Waals surface area contributed by atoms with Crippen molar-refractivity contribution in [3.63, 3.8) is 0 Å². The van der Waals surface area contributed by atoms with Crippen molar-refractivity contribution in [2.45, 2.75) is 0 Å². The lowest BCUT2D eigenvalue weighted by Crippen LogP contribution is -2.31. The van der Waals surface area contributed by atoms with Crippen LogP contribution in [0.3, 0.4) is 0 Å². The molecule has 3 N–H and O–H groups in total. The molecule has 6 aromatic rings. The summed E-state index contributed by atoms with van der Waals surface area (Å²) in [5, 5.41) is 22.5. The van der Waals surface area contributed by atoms with Gasteiger partial charge in [-0.15, -0.1) is 0 Å². The molecule has 0 amide bonds. The summed E-state index contributed by atoms with van der Waals surface area (Å²) >= 11 is 0. The van der Waals surface area contributed by atoms with E-state index in [9.17, 15) is 10.0 Å². The smallest absolute Gasteiger partial charge is 0.423 e. The Morgan fingerprint density at radius 3 is 1.79 bits per heavy atom. The molecule has 0 fully saturated rings. The number of H-pyrrole nitrogens is 1. The van der Waals surface area contributed by atoms with Gasteiger partial charge in [-0.2, -0.15) is 0 Å². The molecule has 0 spiro atoms. The van der Waals surface area contributed by atoms with E-state index in [2.05, 4.69) is 83.8 Å². The minimum absolute atomic E-state index is 0.483. The molecule has 0 aliphatic rings. The van der Waals surface area contributed by atoms with Crippen molar-refractivity contribution in [1.82, 2.24) is 4.98 Å². The van der Waals surface area contributed by atoms with Crippen molar-refractivity contribution in [3.8, 4) is 33.4 Å². The zero-order valence-corrected chi connectivity index (χ0v) is 18.4. The number of para-hydroxylation sites is 1. The summed E-state index contributed by atoms with van der Waals surface area (Å²) in [4.78, 5) is 3.50. The van der Waals surface area contributed by atoms with Crippen LogP contribution >= 0.6 is 0 Å². The zero-order chi connectivity index (χ0) is 23.1. The SMILES string of the molecule is OB(O)c1ccc2c([nH]c3ccccc32)c1-c1ccc(-c2ccccc2-c2ccccc2)cc1. The molecule has 0 aliphatic heterocycles. The fourth-order valence-corrected chi connectivity index (χ4v) is 4.88. The van der Waals surface area contributed by atoms with E-state index in [4.69, 9.17) is 0 Å². The first kappa shape index (κ1) is 20.5. The van der Waals surface area contributed by atoms with Crippen molar-refractivity contribution >= 4 is 34.4 Å². The van der Waals surface area contributed by atoms with Gasteiger partial charge in [0.25, 0.3) is 0 Å². The Kier molecular flexibility index (Phi) is 5.03. The summed E-state index contributed by atoms with van der Waals surface area (Å²) in [6.07, 6.45) is 0. The van der Waals surface area contributed by atoms with Crippen molar-refractivity contribution in [1.29, 1.82) is 0 Å². The lowest BCUT2D eigenvalue weighted by Gasteiger charge is -2.13. The first-order chi connectivity index (χ1) is 16.7. The third-order valence-corrected chi connectivity index (χ3v) is 6.49. The first-order valence-corrected chi connectivity index (χ1v) is 11.4. The summed E-state index contributed by atoms with van der Waals surface area (Å²) in [6.45, 7) is 0. The third kappa shape index (κ3) is 3.41. The Balaban J connectivity index is 1.51. The number of fused-ring (bicyclic) bond motifs is 3. The van der Waals surface area contributed by atoms with Crippen LogP contribution in [0.25, 0.3) is 55.2 Å². The van der Waals surface area contributed by atoms with E-state index in [1.807, 2.05) is 30.3 Å². The molecular formula is C30H22BNO2. The Labute approximate surface area is 198 Å². The lowest BCUT2D eigenvalue weighted by molar-refractivity contribution is 0.426. The molecule has 0 saturated heterocycles. The van der Waals surface area contributed by atoms with Gasteiger partial charge in [0.2, 0.25) is 0 Å². The van der Waals surface area contributed by atoms with Crippen molar-refractivity contribution in [2.24, 2.45) is 0 Å². The highest BCUT2D eigenvalue weighted by Gasteiger charge is 2.21. The van der Waals surface area contributed by atoms with Crippen LogP contribution in [-0.4, -0.2) is 22.2 Å². The Morgan fingerprint density at radius 2 is 1.09 bits per heavy atom. The van der Waals surface area contributed by atoms with Gasteiger partial charge in [0, 0.05) is 21.9 Å². The molecule has 34 heavy (non-hydrogen) atoms. The second-order valence-corrected chi connectivity index (χ2v) is 8.49. The first-order valence-electron chi connectivity index (χ1n) is 11.4. The standard InChI is InChI=1S/C30H22BNO2/c33-31(34)27-19-18-26-25-12-6-7-13-28(25)32-30(26)29(27)22-16-14-21(15-17-22)24-11-5-4-10-23(24)20-8-2-1-3-9-20/h1-19,32-34H. The molecule has 0 aliphatic carbocycles. The Bertz CT molecular complexity index is 1620. The van der Waals surface area contributed by atoms with E-state index in [1.54, 1.807) is 6.07 Å². The second-order valence-electron chi connectivity index (χ2n) is 8.49. The second kappa shape index (κ2) is 8.34. The van der Waals surface area contributed by atoms with Gasteiger partial charge in [-0.25, -0.2) is 0 Å². The fourth-order valence-electron chi connectivity index (χ4n) is 4.88. The molecule has 3 nitrogen and oxygen atoms in total. The van der Waals surface area contributed by atoms with Crippen molar-refractivity contribution in [3.05, 3.63) is 115 Å². The molecule has 1 heterocycles. The number of nitrogens with one attached hydrogen (secondary N) is 1. The number of aromatic amines is 1. The van der Waals surface area contributed by atoms with Crippen LogP contribution in [0.1, 0.15) is 0 Å². The van der Waals surface area contributed by atoms with E-state index in [0.29, 0.717) is 5.46 Å². The van der Waals surface area contributed by atoms with E-state index in [1.165, 1.54) is 11.1 Å². The molecular weight excluding hydrogens is 417 g/mol. The predicted octanol–water partition coefficient (Wildman–Crippen LogP) is 6.00. The molecule has 0 unspecified atom stereocenters. The van der Waals surface area contributed by atoms with Crippen LogP contribution in [0.2, 0.25) is 0 Å². The van der Waals surface area contributed by atoms with Crippen LogP contribution in [0.4, 0.5) is 0 Å². The highest BCUT2D eigenvalue weighted by Crippen LogP contribution is 2.35. The molecule has 1 aromatic heterocycles. The molecule has 0 radical (unpaired) electrons. The van der Waals surface area contributed by atoms with Gasteiger partial charge >= 0.3 is 7.12 Å². The maximum atomic E-state index is 10.1. The highest BCUT2D eigenvalue weighted by molar-refractivity contribution is 6.61. The van der Waals surface area contributed by atoms with Crippen LogP contribution < -0.4 is 5.46 Å². The minimum Gasteiger partial charge on any atom is -0.423 e. The summed E-state index contributed by atoms with van der Waals surface area (Å²) in [7, 11) is -1.57. The van der Waals surface area contributed by atoms with Gasteiger partial charge in [-0.3, -0.25) is 0 Å². The van der Waals surface area contributed by atoms with E-state index >= 15 is 0 Å². The molecule has 0 saturated carbocycles. The van der Waals surface area contributed by atoms with Gasteiger partial charge in [-0.05, 0) is 39.3 Å². The van der Waals surface area contributed by atoms with E-state index in [-0.39, 0.29) is 0 Å². The average molecular weight is 439 g/mol. The quantitative estimate of drug-likeness (QED) is 0.295. The van der Waals surface area contributed by atoms with Crippen molar-refractivity contribution < 1.29 is 10.0 Å². The number of rotatable bonds is 4. The molecule has 6 rings (SSSR count). The third-order valence-electron chi connectivity index (χ3n) is 6.49. The summed E-state index contributed by atoms with van der Waals surface area (Å²) in [5.74, 6) is 0. The maximum absolute atomic E-state index is 10.1. The summed E-state index contributed by atoms with van der Waals surface area (Å²) in [6, 6.07) is 39.0. The van der Waals surface area contributed by atoms with E-state index < -0.39 is 7.12 Å². The average Bonchev–Trinajstić information content (AvgIpc) is 3.27. The normalized spacial score (nSPS) is 11.2. The predicted molar refractivity (Wildman–Crippen MR) is 142 cm³/mol. The molecule has 4 heteroatoms. The molecule has 0 bridgehead atoms. The van der Waals surface area contributed by atoms with Crippen LogP contribution in [0, 0.1) is 0 Å².